The van der Waals surface area contributed by atoms with Gasteiger partial charge in [-0.1, -0.05) is 0 Å². The highest BCUT2D eigenvalue weighted by atomic mass is 16.5. The molecule has 1 aliphatic heterocycles. The molecule has 2 rings (SSSR count). The Morgan fingerprint density at radius 3 is 3.12 bits per heavy atom. The second-order valence-corrected chi connectivity index (χ2v) is 4.35. The summed E-state index contributed by atoms with van der Waals surface area (Å²) in [6.45, 7) is 6.35. The fourth-order valence-electron chi connectivity index (χ4n) is 2.21. The lowest BCUT2D eigenvalue weighted by Crippen LogP contribution is -2.43. The summed E-state index contributed by atoms with van der Waals surface area (Å²) in [4.78, 5) is 2.40. The Labute approximate surface area is 96.2 Å². The van der Waals surface area contributed by atoms with Gasteiger partial charge < -0.3 is 10.5 Å². The Morgan fingerprint density at radius 2 is 2.44 bits per heavy atom. The summed E-state index contributed by atoms with van der Waals surface area (Å²) in [7, 11) is 1.70. The van der Waals surface area contributed by atoms with Crippen LogP contribution in [0.1, 0.15) is 18.3 Å². The first-order valence-corrected chi connectivity index (χ1v) is 5.73. The maximum atomic E-state index is 5.61. The van der Waals surface area contributed by atoms with Crippen molar-refractivity contribution >= 4 is 0 Å². The number of methoxy groups -OCH3 is 1. The maximum absolute atomic E-state index is 5.61. The molecule has 1 aromatic heterocycles. The molecule has 1 aromatic rings. The number of fused-ring (bicyclic) bond motifs is 1. The molecule has 0 bridgehead atoms. The van der Waals surface area contributed by atoms with E-state index in [1.54, 1.807) is 7.11 Å². The van der Waals surface area contributed by atoms with Crippen molar-refractivity contribution in [3.63, 3.8) is 0 Å². The number of rotatable bonds is 4. The highest BCUT2D eigenvalue weighted by Gasteiger charge is 2.23. The molecule has 0 saturated heterocycles. The fourth-order valence-corrected chi connectivity index (χ4v) is 2.21. The Morgan fingerprint density at radius 1 is 1.62 bits per heavy atom. The van der Waals surface area contributed by atoms with Crippen molar-refractivity contribution in [3.8, 4) is 0 Å². The Balaban J connectivity index is 2.12. The van der Waals surface area contributed by atoms with E-state index in [-0.39, 0.29) is 0 Å². The number of hydrogen-bond donors (Lipinski definition) is 1. The van der Waals surface area contributed by atoms with Gasteiger partial charge in [0.15, 0.2) is 0 Å². The van der Waals surface area contributed by atoms with Crippen LogP contribution in [0.4, 0.5) is 0 Å². The lowest BCUT2D eigenvalue weighted by Gasteiger charge is -2.33. The molecule has 0 spiro atoms. The predicted molar refractivity (Wildman–Crippen MR) is 61.9 cm³/mol. The Hall–Kier alpha value is -0.910. The van der Waals surface area contributed by atoms with E-state index in [1.807, 2.05) is 0 Å². The zero-order valence-electron chi connectivity index (χ0n) is 10.0. The monoisotopic (exact) mass is 224 g/mol. The molecule has 2 N–H and O–H groups in total. The van der Waals surface area contributed by atoms with Gasteiger partial charge in [-0.3, -0.25) is 9.58 Å². The van der Waals surface area contributed by atoms with Crippen LogP contribution in [0.3, 0.4) is 0 Å². The smallest absolute Gasteiger partial charge is 0.0902 e. The maximum Gasteiger partial charge on any atom is 0.0902 e. The molecule has 90 valence electrons. The van der Waals surface area contributed by atoms with Gasteiger partial charge in [0.25, 0.3) is 0 Å². The lowest BCUT2D eigenvalue weighted by molar-refractivity contribution is 0.148. The second-order valence-electron chi connectivity index (χ2n) is 4.35. The molecular weight excluding hydrogens is 204 g/mol. The SMILES string of the molecule is COCc1cc2n(n1)C[C@H](C)N(CCN)C2. The summed E-state index contributed by atoms with van der Waals surface area (Å²) >= 11 is 0. The molecule has 0 radical (unpaired) electrons. The van der Waals surface area contributed by atoms with E-state index < -0.39 is 0 Å². The molecule has 1 atom stereocenters. The molecule has 2 heterocycles. The van der Waals surface area contributed by atoms with Gasteiger partial charge in [-0.05, 0) is 13.0 Å². The average molecular weight is 224 g/mol. The number of hydrogen-bond acceptors (Lipinski definition) is 4. The van der Waals surface area contributed by atoms with Gasteiger partial charge >= 0.3 is 0 Å². The van der Waals surface area contributed by atoms with Crippen LogP contribution in [0.15, 0.2) is 6.07 Å². The van der Waals surface area contributed by atoms with Gasteiger partial charge in [-0.2, -0.15) is 5.10 Å². The van der Waals surface area contributed by atoms with E-state index >= 15 is 0 Å². The van der Waals surface area contributed by atoms with Crippen molar-refractivity contribution < 1.29 is 4.74 Å². The minimum Gasteiger partial charge on any atom is -0.378 e. The van der Waals surface area contributed by atoms with Crippen molar-refractivity contribution in [2.24, 2.45) is 5.73 Å². The van der Waals surface area contributed by atoms with Gasteiger partial charge in [-0.15, -0.1) is 0 Å². The van der Waals surface area contributed by atoms with Crippen molar-refractivity contribution in [1.82, 2.24) is 14.7 Å². The molecule has 0 aromatic carbocycles. The van der Waals surface area contributed by atoms with E-state index in [2.05, 4.69) is 27.7 Å². The van der Waals surface area contributed by atoms with Crippen molar-refractivity contribution in [3.05, 3.63) is 17.5 Å². The van der Waals surface area contributed by atoms with Crippen LogP contribution in [0.2, 0.25) is 0 Å². The van der Waals surface area contributed by atoms with Gasteiger partial charge in [0.1, 0.15) is 0 Å². The number of aromatic nitrogens is 2. The van der Waals surface area contributed by atoms with Gasteiger partial charge in [0, 0.05) is 32.8 Å². The minimum atomic E-state index is 0.506. The Kier molecular flexibility index (Phi) is 3.58. The molecule has 0 aliphatic carbocycles. The zero-order chi connectivity index (χ0) is 11.5. The summed E-state index contributed by atoms with van der Waals surface area (Å²) in [5, 5.41) is 4.52. The summed E-state index contributed by atoms with van der Waals surface area (Å²) in [5.41, 5.74) is 7.89. The van der Waals surface area contributed by atoms with Gasteiger partial charge in [-0.25, -0.2) is 0 Å². The minimum absolute atomic E-state index is 0.506. The third-order valence-electron chi connectivity index (χ3n) is 3.05. The highest BCUT2D eigenvalue weighted by molar-refractivity contribution is 5.12. The summed E-state index contributed by atoms with van der Waals surface area (Å²) < 4.78 is 7.19. The lowest BCUT2D eigenvalue weighted by atomic mass is 10.2. The van der Waals surface area contributed by atoms with Crippen LogP contribution >= 0.6 is 0 Å². The largest absolute Gasteiger partial charge is 0.378 e. The van der Waals surface area contributed by atoms with Crippen LogP contribution < -0.4 is 5.73 Å². The van der Waals surface area contributed by atoms with Crippen LogP contribution in [-0.2, 0) is 24.4 Å². The second kappa shape index (κ2) is 4.95. The number of nitrogens with two attached hydrogens (primary N) is 1. The first-order valence-electron chi connectivity index (χ1n) is 5.73. The van der Waals surface area contributed by atoms with Crippen molar-refractivity contribution in [2.75, 3.05) is 20.2 Å². The number of ether oxygens (including phenoxy) is 1. The Bertz CT molecular complexity index is 350. The molecular formula is C11H20N4O. The molecule has 16 heavy (non-hydrogen) atoms. The third-order valence-corrected chi connectivity index (χ3v) is 3.05. The van der Waals surface area contributed by atoms with Crippen LogP contribution in [0, 0.1) is 0 Å². The molecule has 5 heteroatoms. The van der Waals surface area contributed by atoms with Gasteiger partial charge in [0.05, 0.1) is 24.5 Å². The normalized spacial score (nSPS) is 21.1. The van der Waals surface area contributed by atoms with E-state index in [4.69, 9.17) is 10.5 Å². The highest BCUT2D eigenvalue weighted by Crippen LogP contribution is 2.17. The summed E-state index contributed by atoms with van der Waals surface area (Å²) in [6, 6.07) is 2.63. The fraction of sp³-hybridized carbons (Fsp3) is 0.727. The van der Waals surface area contributed by atoms with Crippen LogP contribution in [0.25, 0.3) is 0 Å². The van der Waals surface area contributed by atoms with E-state index in [0.29, 0.717) is 19.2 Å². The first kappa shape index (κ1) is 11.6. The van der Waals surface area contributed by atoms with Crippen molar-refractivity contribution in [2.45, 2.75) is 32.7 Å². The van der Waals surface area contributed by atoms with Crippen LogP contribution in [-0.4, -0.2) is 40.9 Å². The van der Waals surface area contributed by atoms with Gasteiger partial charge in [0.2, 0.25) is 0 Å². The summed E-state index contributed by atoms with van der Waals surface area (Å²) in [6.07, 6.45) is 0. The molecule has 5 nitrogen and oxygen atoms in total. The van der Waals surface area contributed by atoms with E-state index in [0.717, 1.165) is 25.3 Å². The number of nitrogens with zero attached hydrogens (tertiary/aromatic N) is 3. The first-order chi connectivity index (χ1) is 7.74. The average Bonchev–Trinajstić information content (AvgIpc) is 2.61. The van der Waals surface area contributed by atoms with E-state index in [9.17, 15) is 0 Å². The summed E-state index contributed by atoms with van der Waals surface area (Å²) in [5.74, 6) is 0. The predicted octanol–water partition coefficient (Wildman–Crippen LogP) is 0.192. The molecule has 0 amide bonds. The standard InChI is InChI=1S/C11H20N4O/c1-9-6-15-11(7-14(9)4-3-12)5-10(13-15)8-16-2/h5,9H,3-4,6-8,12H2,1-2H3/t9-/m0/s1. The quantitative estimate of drug-likeness (QED) is 0.793. The van der Waals surface area contributed by atoms with Crippen molar-refractivity contribution in [1.29, 1.82) is 0 Å². The van der Waals surface area contributed by atoms with E-state index in [1.165, 1.54) is 5.69 Å². The molecule has 0 fully saturated rings. The molecule has 0 saturated carbocycles. The van der Waals surface area contributed by atoms with Crippen LogP contribution in [0.5, 0.6) is 0 Å². The topological polar surface area (TPSA) is 56.3 Å². The zero-order valence-corrected chi connectivity index (χ0v) is 10.0. The molecule has 0 unspecified atom stereocenters. The third kappa shape index (κ3) is 2.26. The molecule has 1 aliphatic rings.